The van der Waals surface area contributed by atoms with E-state index in [9.17, 15) is 4.79 Å². The van der Waals surface area contributed by atoms with Crippen molar-refractivity contribution in [2.75, 3.05) is 18.2 Å². The highest BCUT2D eigenvalue weighted by molar-refractivity contribution is 6.18. The molecule has 9 heteroatoms. The Morgan fingerprint density at radius 1 is 1.67 bits per heavy atom. The number of hydrogen-bond acceptors (Lipinski definition) is 6. The third-order valence-electron chi connectivity index (χ3n) is 2.32. The van der Waals surface area contributed by atoms with Crippen LogP contribution in [0.1, 0.15) is 0 Å². The second kappa shape index (κ2) is 5.34. The molecular weight excluding hydrogens is 262 g/mol. The predicted octanol–water partition coefficient (Wildman–Crippen LogP) is -0.724. The number of aliphatic hydroxyl groups is 1. The lowest BCUT2D eigenvalue weighted by atomic mass is 10.4. The number of hydrogen-bond donors (Lipinski definition) is 3. The number of halogens is 1. The van der Waals surface area contributed by atoms with E-state index in [1.807, 2.05) is 0 Å². The van der Waals surface area contributed by atoms with Gasteiger partial charge in [-0.05, 0) is 0 Å². The molecule has 2 heterocycles. The van der Waals surface area contributed by atoms with Crippen molar-refractivity contribution in [3.8, 4) is 0 Å². The van der Waals surface area contributed by atoms with Gasteiger partial charge in [-0.3, -0.25) is 14.3 Å². The number of alkyl halides is 1. The fourth-order valence-electron chi connectivity index (χ4n) is 1.40. The van der Waals surface area contributed by atoms with E-state index in [1.165, 1.54) is 10.9 Å². The van der Waals surface area contributed by atoms with E-state index in [1.54, 1.807) is 0 Å². The number of nitrogens with one attached hydrogen (secondary N) is 1. The van der Waals surface area contributed by atoms with Crippen LogP contribution in [0.3, 0.4) is 0 Å². The van der Waals surface area contributed by atoms with Crippen LogP contribution in [0, 0.1) is 0 Å². The number of aromatic amines is 1. The Morgan fingerprint density at radius 2 is 2.44 bits per heavy atom. The van der Waals surface area contributed by atoms with Gasteiger partial charge in [0, 0.05) is 0 Å². The summed E-state index contributed by atoms with van der Waals surface area (Å²) in [6.45, 7) is -0.114. The van der Waals surface area contributed by atoms with Gasteiger partial charge in [0.1, 0.15) is 6.73 Å². The third-order valence-corrected chi connectivity index (χ3v) is 2.66. The maximum absolute atomic E-state index is 11.5. The number of nitrogens with zero attached hydrogens (tertiary/aromatic N) is 3. The molecule has 98 valence electrons. The van der Waals surface area contributed by atoms with E-state index >= 15 is 0 Å². The number of ether oxygens (including phenoxy) is 1. The summed E-state index contributed by atoms with van der Waals surface area (Å²) in [6, 6.07) is 0. The smallest absolute Gasteiger partial charge is 0.280 e. The molecule has 0 aliphatic rings. The van der Waals surface area contributed by atoms with E-state index in [0.717, 1.165) is 0 Å². The molecule has 0 spiro atoms. The minimum Gasteiger partial charge on any atom is -0.394 e. The monoisotopic (exact) mass is 273 g/mol. The van der Waals surface area contributed by atoms with Crippen LogP contribution in [0.2, 0.25) is 0 Å². The zero-order chi connectivity index (χ0) is 13.1. The summed E-state index contributed by atoms with van der Waals surface area (Å²) in [6.07, 6.45) is 0.929. The maximum Gasteiger partial charge on any atom is 0.280 e. The highest BCUT2D eigenvalue weighted by Crippen LogP contribution is 2.07. The van der Waals surface area contributed by atoms with Crippen LogP contribution in [0.5, 0.6) is 0 Å². The first-order valence-corrected chi connectivity index (χ1v) is 5.68. The van der Waals surface area contributed by atoms with Gasteiger partial charge in [-0.15, -0.1) is 11.6 Å². The molecule has 0 saturated carbocycles. The molecule has 0 fully saturated rings. The first kappa shape index (κ1) is 12.8. The molecule has 2 aromatic heterocycles. The SMILES string of the molecule is Nc1nc2c(ncn2CO[C@@H](CO)CCl)c(=O)[nH]1. The Balaban J connectivity index is 2.27. The van der Waals surface area contributed by atoms with E-state index in [2.05, 4.69) is 15.0 Å². The Hall–Kier alpha value is -1.64. The molecular formula is C9H12ClN5O3. The van der Waals surface area contributed by atoms with Gasteiger partial charge in [-0.2, -0.15) is 4.98 Å². The number of imidazole rings is 1. The Bertz CT molecular complexity index is 591. The molecule has 1 atom stereocenters. The van der Waals surface area contributed by atoms with E-state index < -0.39 is 11.7 Å². The Kier molecular flexibility index (Phi) is 3.80. The molecule has 4 N–H and O–H groups in total. The lowest BCUT2D eigenvalue weighted by molar-refractivity contribution is -0.00950. The lowest BCUT2D eigenvalue weighted by Crippen LogP contribution is -2.21. The summed E-state index contributed by atoms with van der Waals surface area (Å²) >= 11 is 5.58. The Morgan fingerprint density at radius 3 is 3.11 bits per heavy atom. The molecule has 0 amide bonds. The summed E-state index contributed by atoms with van der Waals surface area (Å²) in [7, 11) is 0. The predicted molar refractivity (Wildman–Crippen MR) is 65.2 cm³/mol. The number of aromatic nitrogens is 4. The quantitative estimate of drug-likeness (QED) is 0.618. The van der Waals surface area contributed by atoms with Crippen LogP contribution in [0.25, 0.3) is 11.2 Å². The van der Waals surface area contributed by atoms with Crippen molar-refractivity contribution >= 4 is 28.7 Å². The van der Waals surface area contributed by atoms with Gasteiger partial charge < -0.3 is 15.6 Å². The molecule has 0 saturated heterocycles. The second-order valence-electron chi connectivity index (χ2n) is 3.59. The second-order valence-corrected chi connectivity index (χ2v) is 3.90. The van der Waals surface area contributed by atoms with Crippen LogP contribution in [-0.2, 0) is 11.5 Å². The average molecular weight is 274 g/mol. The highest BCUT2D eigenvalue weighted by Gasteiger charge is 2.11. The topological polar surface area (TPSA) is 119 Å². The van der Waals surface area contributed by atoms with Crippen molar-refractivity contribution < 1.29 is 9.84 Å². The Labute approximate surface area is 106 Å². The fourth-order valence-corrected chi connectivity index (χ4v) is 1.58. The summed E-state index contributed by atoms with van der Waals surface area (Å²) in [4.78, 5) is 21.7. The fraction of sp³-hybridized carbons (Fsp3) is 0.444. The van der Waals surface area contributed by atoms with Gasteiger partial charge >= 0.3 is 0 Å². The third kappa shape index (κ3) is 2.45. The van der Waals surface area contributed by atoms with Crippen molar-refractivity contribution in [2.24, 2.45) is 0 Å². The van der Waals surface area contributed by atoms with Crippen LogP contribution in [-0.4, -0.2) is 43.2 Å². The van der Waals surface area contributed by atoms with E-state index in [0.29, 0.717) is 5.65 Å². The molecule has 8 nitrogen and oxygen atoms in total. The zero-order valence-corrected chi connectivity index (χ0v) is 10.1. The molecule has 18 heavy (non-hydrogen) atoms. The van der Waals surface area contributed by atoms with Crippen LogP contribution in [0.4, 0.5) is 5.95 Å². The van der Waals surface area contributed by atoms with Crippen LogP contribution >= 0.6 is 11.6 Å². The van der Waals surface area contributed by atoms with Crippen LogP contribution in [0.15, 0.2) is 11.1 Å². The van der Waals surface area contributed by atoms with Gasteiger partial charge in [0.2, 0.25) is 5.95 Å². The number of nitrogen functional groups attached to an aromatic ring is 1. The highest BCUT2D eigenvalue weighted by atomic mass is 35.5. The molecule has 0 unspecified atom stereocenters. The normalized spacial score (nSPS) is 13.0. The number of fused-ring (bicyclic) bond motifs is 1. The van der Waals surface area contributed by atoms with Gasteiger partial charge in [0.05, 0.1) is 24.9 Å². The van der Waals surface area contributed by atoms with E-state index in [-0.39, 0.29) is 30.7 Å². The first-order chi connectivity index (χ1) is 8.65. The van der Waals surface area contributed by atoms with Crippen molar-refractivity contribution in [3.63, 3.8) is 0 Å². The summed E-state index contributed by atoms with van der Waals surface area (Å²) in [5.41, 5.74) is 5.54. The summed E-state index contributed by atoms with van der Waals surface area (Å²) < 4.78 is 6.83. The maximum atomic E-state index is 11.5. The molecule has 2 rings (SSSR count). The molecule has 0 aliphatic carbocycles. The van der Waals surface area contributed by atoms with Crippen molar-refractivity contribution in [3.05, 3.63) is 16.7 Å². The zero-order valence-electron chi connectivity index (χ0n) is 9.34. The summed E-state index contributed by atoms with van der Waals surface area (Å²) in [5, 5.41) is 8.93. The number of nitrogens with two attached hydrogens (primary N) is 1. The number of rotatable bonds is 5. The molecule has 0 radical (unpaired) electrons. The van der Waals surface area contributed by atoms with Gasteiger partial charge in [0.15, 0.2) is 11.2 Å². The minimum absolute atomic E-state index is 0.00491. The van der Waals surface area contributed by atoms with Gasteiger partial charge in [0.25, 0.3) is 5.56 Å². The van der Waals surface area contributed by atoms with E-state index in [4.69, 9.17) is 27.2 Å². The van der Waals surface area contributed by atoms with Gasteiger partial charge in [-0.25, -0.2) is 4.98 Å². The lowest BCUT2D eigenvalue weighted by Gasteiger charge is -2.12. The number of aliphatic hydroxyl groups excluding tert-OH is 1. The summed E-state index contributed by atoms with van der Waals surface area (Å²) in [5.74, 6) is 0.171. The van der Waals surface area contributed by atoms with Crippen LogP contribution < -0.4 is 11.3 Å². The molecule has 0 aliphatic heterocycles. The number of anilines is 1. The largest absolute Gasteiger partial charge is 0.394 e. The first-order valence-electron chi connectivity index (χ1n) is 5.14. The molecule has 0 aromatic carbocycles. The van der Waals surface area contributed by atoms with Gasteiger partial charge in [-0.1, -0.05) is 0 Å². The molecule has 0 bridgehead atoms. The van der Waals surface area contributed by atoms with Crippen molar-refractivity contribution in [1.29, 1.82) is 0 Å². The average Bonchev–Trinajstić information content (AvgIpc) is 2.74. The minimum atomic E-state index is -0.483. The standard InChI is InChI=1S/C9H12ClN5O3/c10-1-5(2-16)18-4-15-3-12-6-7(15)13-9(11)14-8(6)17/h3,5,16H,1-2,4H2,(H3,11,13,14,17)/t5-/m1/s1. The molecule has 2 aromatic rings. The van der Waals surface area contributed by atoms with Crippen molar-refractivity contribution in [2.45, 2.75) is 12.8 Å². The van der Waals surface area contributed by atoms with Crippen molar-refractivity contribution in [1.82, 2.24) is 19.5 Å². The number of H-pyrrole nitrogens is 1.